The quantitative estimate of drug-likeness (QED) is 0.307. The highest BCUT2D eigenvalue weighted by molar-refractivity contribution is 5.98. The first-order chi connectivity index (χ1) is 13.0. The van der Waals surface area contributed by atoms with Crippen molar-refractivity contribution in [3.05, 3.63) is 100 Å². The van der Waals surface area contributed by atoms with Crippen LogP contribution in [0.5, 0.6) is 0 Å². The van der Waals surface area contributed by atoms with E-state index in [1.807, 2.05) is 6.08 Å². The molecule has 0 aliphatic carbocycles. The van der Waals surface area contributed by atoms with Gasteiger partial charge >= 0.3 is 5.91 Å². The second kappa shape index (κ2) is 9.33. The van der Waals surface area contributed by atoms with Gasteiger partial charge < -0.3 is 4.74 Å². The average molecular weight is 366 g/mol. The van der Waals surface area contributed by atoms with Crippen molar-refractivity contribution in [1.82, 2.24) is 0 Å². The lowest BCUT2D eigenvalue weighted by Crippen LogP contribution is -2.08. The molecule has 2 rings (SSSR count). The number of hydrogen-bond acceptors (Lipinski definition) is 4. The Hall–Kier alpha value is -3.41. The largest absolute Gasteiger partial charge is 0.494 e. The third kappa shape index (κ3) is 5.28. The highest BCUT2D eigenvalue weighted by Gasteiger charge is 2.21. The van der Waals surface area contributed by atoms with E-state index in [0.717, 1.165) is 11.1 Å². The van der Waals surface area contributed by atoms with Crippen LogP contribution >= 0.6 is 0 Å². The van der Waals surface area contributed by atoms with Crippen molar-refractivity contribution in [2.24, 2.45) is 10.2 Å². The monoisotopic (exact) mass is 366 g/mol. The van der Waals surface area contributed by atoms with Gasteiger partial charge in [0, 0.05) is 17.8 Å². The van der Waals surface area contributed by atoms with E-state index in [1.165, 1.54) is 31.4 Å². The molecule has 0 bridgehead atoms. The molecule has 0 radical (unpaired) electrons. The van der Waals surface area contributed by atoms with E-state index >= 15 is 0 Å². The van der Waals surface area contributed by atoms with Crippen LogP contribution in [0.1, 0.15) is 12.0 Å². The van der Waals surface area contributed by atoms with Gasteiger partial charge in [-0.05, 0) is 41.3 Å². The fourth-order valence-corrected chi connectivity index (χ4v) is 2.50. The molecule has 1 aromatic rings. The fraction of sp³-hybridized carbons (Fsp3) is 0.143. The Morgan fingerprint density at radius 1 is 1.37 bits per heavy atom. The number of rotatable bonds is 7. The molecule has 5 nitrogen and oxygen atoms in total. The predicted molar refractivity (Wildman–Crippen MR) is 104 cm³/mol. The van der Waals surface area contributed by atoms with Crippen molar-refractivity contribution >= 4 is 12.1 Å². The second-order valence-electron chi connectivity index (χ2n) is 5.76. The van der Waals surface area contributed by atoms with Crippen molar-refractivity contribution in [3.63, 3.8) is 0 Å². The fourth-order valence-electron chi connectivity index (χ4n) is 2.50. The zero-order chi connectivity index (χ0) is 19.8. The number of carbonyl (C=O) groups excluding carboxylic acids is 1. The summed E-state index contributed by atoms with van der Waals surface area (Å²) in [7, 11) is 1.39. The number of carbonyl (C=O) groups is 1. The Kier molecular flexibility index (Phi) is 6.88. The number of benzene rings is 1. The Morgan fingerprint density at radius 3 is 2.59 bits per heavy atom. The van der Waals surface area contributed by atoms with Crippen molar-refractivity contribution in [1.29, 1.82) is 0 Å². The summed E-state index contributed by atoms with van der Waals surface area (Å²) < 4.78 is 18.3. The smallest absolute Gasteiger partial charge is 0.320 e. The third-order valence-electron chi connectivity index (χ3n) is 3.88. The molecule has 6 heteroatoms. The van der Waals surface area contributed by atoms with Gasteiger partial charge in [0.2, 0.25) is 0 Å². The van der Waals surface area contributed by atoms with Crippen LogP contribution in [0.25, 0.3) is 0 Å². The lowest BCUT2D eigenvalue weighted by Gasteiger charge is -2.14. The highest BCUT2D eigenvalue weighted by atomic mass is 19.1. The number of aliphatic imine (C=N–C) groups is 1. The lowest BCUT2D eigenvalue weighted by atomic mass is 10.0. The molecule has 0 unspecified atom stereocenters. The maximum atomic E-state index is 13.0. The third-order valence-corrected chi connectivity index (χ3v) is 3.88. The zero-order valence-electron chi connectivity index (χ0n) is 14.9. The van der Waals surface area contributed by atoms with Crippen molar-refractivity contribution in [2.75, 3.05) is 7.11 Å². The summed E-state index contributed by atoms with van der Waals surface area (Å²) in [6.07, 6.45) is 7.42. The SMILES string of the molecule is C=CC(=C)/C=C(C(=O)N=O)\C(OC)=C1/CC=C(Cc2ccc(F)cc2)C=N1. The Labute approximate surface area is 156 Å². The summed E-state index contributed by atoms with van der Waals surface area (Å²) in [4.78, 5) is 27.0. The van der Waals surface area contributed by atoms with Gasteiger partial charge in [0.1, 0.15) is 5.82 Å². The van der Waals surface area contributed by atoms with E-state index in [9.17, 15) is 14.1 Å². The number of ether oxygens (including phenoxy) is 1. The van der Waals surface area contributed by atoms with Crippen LogP contribution in [-0.4, -0.2) is 19.2 Å². The minimum Gasteiger partial charge on any atom is -0.494 e. The minimum atomic E-state index is -0.973. The molecule has 1 amide bonds. The van der Waals surface area contributed by atoms with Gasteiger partial charge in [0.25, 0.3) is 0 Å². The van der Waals surface area contributed by atoms with Crippen LogP contribution in [0.4, 0.5) is 4.39 Å². The molecule has 0 spiro atoms. The topological polar surface area (TPSA) is 68.1 Å². The predicted octanol–water partition coefficient (Wildman–Crippen LogP) is 4.59. The van der Waals surface area contributed by atoms with Gasteiger partial charge in [0.05, 0.1) is 18.4 Å². The minimum absolute atomic E-state index is 0.0278. The number of methoxy groups -OCH3 is 1. The zero-order valence-corrected chi connectivity index (χ0v) is 14.9. The van der Waals surface area contributed by atoms with E-state index < -0.39 is 5.91 Å². The maximum absolute atomic E-state index is 13.0. The van der Waals surface area contributed by atoms with Crippen LogP contribution in [-0.2, 0) is 16.0 Å². The van der Waals surface area contributed by atoms with E-state index in [2.05, 4.69) is 23.3 Å². The first-order valence-corrected chi connectivity index (χ1v) is 8.14. The van der Waals surface area contributed by atoms with E-state index in [-0.39, 0.29) is 17.1 Å². The van der Waals surface area contributed by atoms with Crippen LogP contribution in [0.2, 0.25) is 0 Å². The second-order valence-corrected chi connectivity index (χ2v) is 5.76. The molecule has 1 heterocycles. The molecular weight excluding hydrogens is 347 g/mol. The number of nitrogens with zero attached hydrogens (tertiary/aromatic N) is 2. The van der Waals surface area contributed by atoms with Gasteiger partial charge in [-0.3, -0.25) is 9.79 Å². The normalized spacial score (nSPS) is 15.6. The van der Waals surface area contributed by atoms with E-state index in [4.69, 9.17) is 4.74 Å². The lowest BCUT2D eigenvalue weighted by molar-refractivity contribution is -0.114. The van der Waals surface area contributed by atoms with Gasteiger partial charge in [-0.15, -0.1) is 4.91 Å². The molecule has 0 N–H and O–H groups in total. The Balaban J connectivity index is 2.28. The molecule has 0 aromatic heterocycles. The molecular formula is C21H19FN2O3. The first-order valence-electron chi connectivity index (χ1n) is 8.14. The Bertz CT molecular complexity index is 891. The van der Waals surface area contributed by atoms with Gasteiger partial charge in [-0.2, -0.15) is 0 Å². The Morgan fingerprint density at radius 2 is 2.07 bits per heavy atom. The van der Waals surface area contributed by atoms with Gasteiger partial charge in [-0.25, -0.2) is 4.39 Å². The molecule has 1 aromatic carbocycles. The van der Waals surface area contributed by atoms with Crippen molar-refractivity contribution in [2.45, 2.75) is 12.8 Å². The molecule has 138 valence electrons. The van der Waals surface area contributed by atoms with E-state index in [1.54, 1.807) is 18.3 Å². The number of nitroso groups, excluding NO2 is 1. The first kappa shape index (κ1) is 19.9. The van der Waals surface area contributed by atoms with Crippen LogP contribution in [0.15, 0.2) is 94.0 Å². The molecule has 1 aliphatic rings. The van der Waals surface area contributed by atoms with Crippen molar-refractivity contribution < 1.29 is 13.9 Å². The number of hydrogen-bond donors (Lipinski definition) is 0. The summed E-state index contributed by atoms with van der Waals surface area (Å²) >= 11 is 0. The molecule has 0 saturated heterocycles. The van der Waals surface area contributed by atoms with Gasteiger partial charge in [0.15, 0.2) is 5.76 Å². The summed E-state index contributed by atoms with van der Waals surface area (Å²) in [5.41, 5.74) is 2.79. The summed E-state index contributed by atoms with van der Waals surface area (Å²) in [6.45, 7) is 7.28. The van der Waals surface area contributed by atoms with Crippen molar-refractivity contribution in [3.8, 4) is 0 Å². The summed E-state index contributed by atoms with van der Waals surface area (Å²) in [6, 6.07) is 6.25. The maximum Gasteiger partial charge on any atom is 0.320 e. The molecule has 27 heavy (non-hydrogen) atoms. The van der Waals surface area contributed by atoms with E-state index in [0.29, 0.717) is 24.1 Å². The molecule has 0 saturated carbocycles. The van der Waals surface area contributed by atoms with Crippen LogP contribution in [0.3, 0.4) is 0 Å². The number of amides is 1. The summed E-state index contributed by atoms with van der Waals surface area (Å²) in [5.74, 6) is -1.09. The molecule has 1 aliphatic heterocycles. The number of allylic oxidation sites excluding steroid dienone is 5. The standard InChI is InChI=1S/C21H19FN2O3/c1-4-14(2)11-18(21(25)24-26)20(27-3)19-10-7-16(13-23-19)12-15-5-8-17(22)9-6-15/h4-9,11,13H,1-2,10,12H2,3H3/b18-11+,20-19-. The van der Waals surface area contributed by atoms with Crippen LogP contribution < -0.4 is 0 Å². The highest BCUT2D eigenvalue weighted by Crippen LogP contribution is 2.25. The molecule has 0 atom stereocenters. The van der Waals surface area contributed by atoms with Crippen LogP contribution in [0, 0.1) is 10.7 Å². The van der Waals surface area contributed by atoms with Gasteiger partial charge in [-0.1, -0.05) is 37.4 Å². The average Bonchev–Trinajstić information content (AvgIpc) is 2.69. The number of halogens is 1. The summed E-state index contributed by atoms with van der Waals surface area (Å²) in [5, 5.41) is 2.47. The number of dihydropyridines is 1. The molecule has 0 fully saturated rings.